The minimum Gasteiger partial charge on any atom is -0.465 e. The van der Waals surface area contributed by atoms with Crippen LogP contribution in [0.2, 0.25) is 0 Å². The van der Waals surface area contributed by atoms with Gasteiger partial charge in [0.1, 0.15) is 29.3 Å². The Morgan fingerprint density at radius 3 is 2.21 bits per heavy atom. The Labute approximate surface area is 221 Å². The lowest BCUT2D eigenvalue weighted by Crippen LogP contribution is -2.52. The lowest BCUT2D eigenvalue weighted by molar-refractivity contribution is 0.0679. The Kier molecular flexibility index (Phi) is 6.59. The van der Waals surface area contributed by atoms with Crippen molar-refractivity contribution in [1.82, 2.24) is 24.3 Å². The van der Waals surface area contributed by atoms with E-state index < -0.39 is 6.09 Å². The summed E-state index contributed by atoms with van der Waals surface area (Å²) in [4.78, 5) is 24.2. The lowest BCUT2D eigenvalue weighted by atomic mass is 9.89. The molecule has 2 fully saturated rings. The Morgan fingerprint density at radius 2 is 1.53 bits per heavy atom. The second kappa shape index (κ2) is 10.3. The number of nitrogens with zero attached hydrogens (tertiary/aromatic N) is 5. The summed E-state index contributed by atoms with van der Waals surface area (Å²) in [5, 5.41) is 10.1. The van der Waals surface area contributed by atoms with E-state index in [1.807, 2.05) is 42.5 Å². The van der Waals surface area contributed by atoms with E-state index in [0.717, 1.165) is 72.4 Å². The van der Waals surface area contributed by atoms with Crippen molar-refractivity contribution in [3.63, 3.8) is 0 Å². The number of nitrogens with two attached hydrogens (primary N) is 1. The number of piperazine rings is 1. The van der Waals surface area contributed by atoms with Gasteiger partial charge >= 0.3 is 6.09 Å². The molecule has 0 unspecified atom stereocenters. The molecule has 196 valence electrons. The molecule has 3 N–H and O–H groups in total. The van der Waals surface area contributed by atoms with Crippen LogP contribution in [0.15, 0.2) is 67.1 Å². The average molecular weight is 513 g/mol. The number of aromatic nitrogens is 3. The molecule has 1 amide bonds. The summed E-state index contributed by atoms with van der Waals surface area (Å²) < 4.78 is 8.26. The summed E-state index contributed by atoms with van der Waals surface area (Å²) in [5.41, 5.74) is 9.32. The molecule has 0 spiro atoms. The Hall–Kier alpha value is -4.11. The van der Waals surface area contributed by atoms with Crippen molar-refractivity contribution in [2.75, 3.05) is 31.9 Å². The van der Waals surface area contributed by atoms with Gasteiger partial charge in [0, 0.05) is 50.0 Å². The van der Waals surface area contributed by atoms with E-state index in [0.29, 0.717) is 31.0 Å². The number of benzene rings is 2. The predicted octanol–water partition coefficient (Wildman–Crippen LogP) is 5.25. The highest BCUT2D eigenvalue weighted by Gasteiger charge is 2.31. The maximum Gasteiger partial charge on any atom is 0.407 e. The van der Waals surface area contributed by atoms with Crippen molar-refractivity contribution in [2.45, 2.75) is 37.8 Å². The number of amides is 1. The van der Waals surface area contributed by atoms with Gasteiger partial charge in [0.25, 0.3) is 0 Å². The van der Waals surface area contributed by atoms with Crippen LogP contribution >= 0.6 is 0 Å². The summed E-state index contributed by atoms with van der Waals surface area (Å²) in [7, 11) is 0. The number of ether oxygens (including phenoxy) is 1. The van der Waals surface area contributed by atoms with Crippen molar-refractivity contribution < 1.29 is 14.6 Å². The molecule has 6 rings (SSSR count). The molecular formula is C29H32N6O3. The van der Waals surface area contributed by atoms with Gasteiger partial charge < -0.3 is 25.0 Å². The minimum atomic E-state index is -0.816. The van der Waals surface area contributed by atoms with Gasteiger partial charge in [-0.05, 0) is 55.5 Å². The van der Waals surface area contributed by atoms with Crippen LogP contribution in [-0.4, -0.2) is 67.8 Å². The van der Waals surface area contributed by atoms with Crippen LogP contribution in [0.3, 0.4) is 0 Å². The first kappa shape index (κ1) is 24.2. The number of carboxylic acid groups (broad SMARTS) is 1. The summed E-state index contributed by atoms with van der Waals surface area (Å²) in [5.74, 6) is 2.06. The molecule has 4 aromatic rings. The number of hydrogen-bond donors (Lipinski definition) is 2. The second-order valence-corrected chi connectivity index (χ2v) is 10.1. The third-order valence-electron chi connectivity index (χ3n) is 7.94. The Balaban J connectivity index is 1.20. The molecule has 0 radical (unpaired) electrons. The highest BCUT2D eigenvalue weighted by molar-refractivity contribution is 6.00. The molecule has 1 aliphatic carbocycles. The van der Waals surface area contributed by atoms with Crippen LogP contribution in [0.5, 0.6) is 11.5 Å². The molecule has 2 aliphatic rings. The maximum atomic E-state index is 11.2. The number of hydrogen-bond acceptors (Lipinski definition) is 6. The van der Waals surface area contributed by atoms with Crippen LogP contribution in [0.1, 0.15) is 31.7 Å². The minimum absolute atomic E-state index is 0.331. The fourth-order valence-corrected chi connectivity index (χ4v) is 5.91. The molecule has 38 heavy (non-hydrogen) atoms. The molecule has 1 saturated heterocycles. The number of para-hydroxylation sites is 1. The monoisotopic (exact) mass is 512 g/mol. The van der Waals surface area contributed by atoms with E-state index in [4.69, 9.17) is 10.5 Å². The van der Waals surface area contributed by atoms with Gasteiger partial charge in [-0.2, -0.15) is 0 Å². The number of carbonyl (C=O) groups is 1. The summed E-state index contributed by atoms with van der Waals surface area (Å²) in [6.07, 6.45) is 7.16. The van der Waals surface area contributed by atoms with Gasteiger partial charge in [-0.15, -0.1) is 0 Å². The normalized spacial score (nSPS) is 20.5. The molecule has 0 atom stereocenters. The summed E-state index contributed by atoms with van der Waals surface area (Å²) in [6, 6.07) is 18.6. The average Bonchev–Trinajstić information content (AvgIpc) is 3.35. The smallest absolute Gasteiger partial charge is 0.407 e. The first-order chi connectivity index (χ1) is 18.6. The number of anilines is 1. The van der Waals surface area contributed by atoms with Crippen molar-refractivity contribution in [3.8, 4) is 22.6 Å². The third kappa shape index (κ3) is 4.77. The van der Waals surface area contributed by atoms with Gasteiger partial charge in [-0.3, -0.25) is 4.90 Å². The Morgan fingerprint density at radius 1 is 0.868 bits per heavy atom. The first-order valence-corrected chi connectivity index (χ1v) is 13.2. The second-order valence-electron chi connectivity index (χ2n) is 10.1. The molecule has 9 nitrogen and oxygen atoms in total. The van der Waals surface area contributed by atoms with Gasteiger partial charge in [-0.1, -0.05) is 30.3 Å². The largest absolute Gasteiger partial charge is 0.465 e. The molecule has 0 bridgehead atoms. The van der Waals surface area contributed by atoms with Gasteiger partial charge in [0.05, 0.1) is 5.39 Å². The Bertz CT molecular complexity index is 1410. The zero-order valence-corrected chi connectivity index (χ0v) is 21.2. The van der Waals surface area contributed by atoms with Crippen LogP contribution < -0.4 is 10.5 Å². The van der Waals surface area contributed by atoms with Crippen LogP contribution in [0, 0.1) is 0 Å². The highest BCUT2D eigenvalue weighted by Crippen LogP contribution is 2.39. The zero-order valence-electron chi connectivity index (χ0n) is 21.2. The van der Waals surface area contributed by atoms with E-state index in [2.05, 4.69) is 37.8 Å². The standard InChI is InChI=1S/C29H32N6O3/c30-27-26-25(20-6-12-24(13-7-20)38-23-4-2-1-3-5-23)18-35(28(26)32-19-31-27)22-10-8-21(9-11-22)33-14-16-34(17-15-33)29(36)37/h1-7,12-13,18-19,21-22H,8-11,14-17H2,(H,36,37)(H2,30,31,32). The molecule has 9 heteroatoms. The SMILES string of the molecule is Nc1ncnc2c1c(-c1ccc(Oc3ccccc3)cc1)cn2C1CCC(N2CCN(C(=O)O)CC2)CC1. The fourth-order valence-electron chi connectivity index (χ4n) is 5.91. The lowest BCUT2D eigenvalue weighted by Gasteiger charge is -2.41. The maximum absolute atomic E-state index is 11.2. The number of nitrogen functional groups attached to an aromatic ring is 1. The van der Waals surface area contributed by atoms with E-state index in [1.165, 1.54) is 4.90 Å². The first-order valence-electron chi connectivity index (χ1n) is 13.2. The quantitative estimate of drug-likeness (QED) is 0.376. The predicted molar refractivity (Wildman–Crippen MR) is 146 cm³/mol. The van der Waals surface area contributed by atoms with E-state index in [-0.39, 0.29) is 0 Å². The molecule has 1 aliphatic heterocycles. The topological polar surface area (TPSA) is 110 Å². The van der Waals surface area contributed by atoms with Crippen molar-refractivity contribution >= 4 is 22.9 Å². The number of rotatable bonds is 5. The molecule has 2 aromatic carbocycles. The van der Waals surface area contributed by atoms with Crippen molar-refractivity contribution in [2.24, 2.45) is 0 Å². The van der Waals surface area contributed by atoms with Gasteiger partial charge in [-0.25, -0.2) is 14.8 Å². The van der Waals surface area contributed by atoms with Crippen molar-refractivity contribution in [3.05, 3.63) is 67.1 Å². The van der Waals surface area contributed by atoms with Gasteiger partial charge in [0.2, 0.25) is 0 Å². The highest BCUT2D eigenvalue weighted by atomic mass is 16.5. The van der Waals surface area contributed by atoms with Gasteiger partial charge in [0.15, 0.2) is 0 Å². The van der Waals surface area contributed by atoms with E-state index >= 15 is 0 Å². The van der Waals surface area contributed by atoms with Crippen molar-refractivity contribution in [1.29, 1.82) is 0 Å². The van der Waals surface area contributed by atoms with E-state index in [1.54, 1.807) is 6.33 Å². The van der Waals surface area contributed by atoms with Crippen LogP contribution in [-0.2, 0) is 0 Å². The third-order valence-corrected chi connectivity index (χ3v) is 7.94. The zero-order chi connectivity index (χ0) is 26.1. The van der Waals surface area contributed by atoms with Crippen LogP contribution in [0.4, 0.5) is 10.6 Å². The molecule has 1 saturated carbocycles. The fraction of sp³-hybridized carbons (Fsp3) is 0.345. The molecule has 2 aromatic heterocycles. The summed E-state index contributed by atoms with van der Waals surface area (Å²) in [6.45, 7) is 2.80. The number of fused-ring (bicyclic) bond motifs is 1. The molecular weight excluding hydrogens is 480 g/mol. The van der Waals surface area contributed by atoms with E-state index in [9.17, 15) is 9.90 Å². The molecule has 3 heterocycles. The summed E-state index contributed by atoms with van der Waals surface area (Å²) >= 11 is 0. The van der Waals surface area contributed by atoms with Crippen LogP contribution in [0.25, 0.3) is 22.2 Å².